The number of ether oxygens (including phenoxy) is 2. The van der Waals surface area contributed by atoms with Gasteiger partial charge < -0.3 is 25.0 Å². The summed E-state index contributed by atoms with van der Waals surface area (Å²) < 4.78 is 10.6. The molecule has 2 amide bonds. The lowest BCUT2D eigenvalue weighted by Gasteiger charge is -2.20. The van der Waals surface area contributed by atoms with E-state index in [1.165, 1.54) is 30.3 Å². The molecule has 3 aromatic rings. The van der Waals surface area contributed by atoms with Gasteiger partial charge >= 0.3 is 0 Å². The van der Waals surface area contributed by atoms with Gasteiger partial charge in [-0.3, -0.25) is 9.59 Å². The van der Waals surface area contributed by atoms with Crippen molar-refractivity contribution in [3.8, 4) is 11.5 Å². The smallest absolute Gasteiger partial charge is 0.258 e. The molecular formula is C26H26N4O4S. The summed E-state index contributed by atoms with van der Waals surface area (Å²) in [7, 11) is 0. The largest absolute Gasteiger partial charge is 0.454 e. The minimum atomic E-state index is -0.259. The number of thioether (sulfide) groups is 1. The molecule has 0 saturated carbocycles. The molecule has 35 heavy (non-hydrogen) atoms. The molecule has 1 saturated heterocycles. The van der Waals surface area contributed by atoms with Gasteiger partial charge in [-0.05, 0) is 67.8 Å². The zero-order chi connectivity index (χ0) is 24.2. The lowest BCUT2D eigenvalue weighted by molar-refractivity contribution is -0.113. The molecule has 180 valence electrons. The Morgan fingerprint density at radius 3 is 2.60 bits per heavy atom. The van der Waals surface area contributed by atoms with Gasteiger partial charge in [0.2, 0.25) is 12.7 Å². The van der Waals surface area contributed by atoms with Gasteiger partial charge in [0.15, 0.2) is 11.5 Å². The Bertz CT molecular complexity index is 1260. The van der Waals surface area contributed by atoms with E-state index in [9.17, 15) is 9.59 Å². The van der Waals surface area contributed by atoms with Gasteiger partial charge in [-0.15, -0.1) is 0 Å². The van der Waals surface area contributed by atoms with Crippen molar-refractivity contribution >= 4 is 40.6 Å². The van der Waals surface area contributed by atoms with Gasteiger partial charge in [0.1, 0.15) is 5.03 Å². The number of carbonyl (C=O) groups is 2. The summed E-state index contributed by atoms with van der Waals surface area (Å²) in [5.41, 5.74) is 4.12. The van der Waals surface area contributed by atoms with Crippen molar-refractivity contribution in [3.05, 3.63) is 65.9 Å². The predicted octanol–water partition coefficient (Wildman–Crippen LogP) is 4.70. The first-order valence-corrected chi connectivity index (χ1v) is 12.5. The van der Waals surface area contributed by atoms with E-state index in [0.717, 1.165) is 24.3 Å². The molecule has 8 nitrogen and oxygen atoms in total. The van der Waals surface area contributed by atoms with E-state index in [4.69, 9.17) is 9.47 Å². The Morgan fingerprint density at radius 1 is 1.00 bits per heavy atom. The van der Waals surface area contributed by atoms with E-state index in [-0.39, 0.29) is 24.4 Å². The molecule has 2 N–H and O–H groups in total. The second-order valence-electron chi connectivity index (χ2n) is 8.41. The number of nitrogens with one attached hydrogen (secondary N) is 2. The molecule has 2 aromatic carbocycles. The number of hydrogen-bond acceptors (Lipinski definition) is 7. The van der Waals surface area contributed by atoms with Crippen LogP contribution in [0.5, 0.6) is 11.5 Å². The maximum atomic E-state index is 13.0. The van der Waals surface area contributed by atoms with E-state index in [2.05, 4.69) is 33.5 Å². The van der Waals surface area contributed by atoms with Crippen LogP contribution < -0.4 is 25.0 Å². The fourth-order valence-electron chi connectivity index (χ4n) is 4.23. The van der Waals surface area contributed by atoms with Crippen LogP contribution in [0.3, 0.4) is 0 Å². The maximum Gasteiger partial charge on any atom is 0.258 e. The van der Waals surface area contributed by atoms with Crippen LogP contribution in [0.25, 0.3) is 0 Å². The number of anilines is 3. The molecule has 0 atom stereocenters. The molecule has 0 bridgehead atoms. The summed E-state index contributed by atoms with van der Waals surface area (Å²) in [6.45, 7) is 4.39. The first-order valence-electron chi connectivity index (χ1n) is 11.5. The zero-order valence-corrected chi connectivity index (χ0v) is 20.2. The van der Waals surface area contributed by atoms with Crippen LogP contribution in [0.2, 0.25) is 0 Å². The minimum Gasteiger partial charge on any atom is -0.454 e. The predicted molar refractivity (Wildman–Crippen MR) is 137 cm³/mol. The van der Waals surface area contributed by atoms with Crippen LogP contribution in [0.1, 0.15) is 28.8 Å². The van der Waals surface area contributed by atoms with Gasteiger partial charge in [-0.2, -0.15) is 0 Å². The number of amides is 2. The van der Waals surface area contributed by atoms with Crippen molar-refractivity contribution in [2.75, 3.05) is 41.2 Å². The lowest BCUT2D eigenvalue weighted by atomic mass is 10.1. The second-order valence-corrected chi connectivity index (χ2v) is 9.37. The van der Waals surface area contributed by atoms with Crippen LogP contribution in [0.4, 0.5) is 17.1 Å². The van der Waals surface area contributed by atoms with Crippen LogP contribution in [-0.4, -0.2) is 42.4 Å². The van der Waals surface area contributed by atoms with Gasteiger partial charge in [-0.25, -0.2) is 4.98 Å². The number of rotatable bonds is 7. The molecule has 5 rings (SSSR count). The highest BCUT2D eigenvalue weighted by molar-refractivity contribution is 8.00. The Hall–Kier alpha value is -3.72. The first-order chi connectivity index (χ1) is 17.1. The van der Waals surface area contributed by atoms with Crippen LogP contribution in [0.15, 0.2) is 59.8 Å². The number of carbonyl (C=O) groups excluding carboxylic acids is 2. The highest BCUT2D eigenvalue weighted by atomic mass is 32.2. The fraction of sp³-hybridized carbons (Fsp3) is 0.269. The Labute approximate surface area is 208 Å². The number of hydrogen-bond donors (Lipinski definition) is 2. The van der Waals surface area contributed by atoms with Crippen molar-refractivity contribution in [2.45, 2.75) is 24.8 Å². The fourth-order valence-corrected chi connectivity index (χ4v) is 5.02. The topological polar surface area (TPSA) is 92.8 Å². The number of aryl methyl sites for hydroxylation is 1. The monoisotopic (exact) mass is 490 g/mol. The van der Waals surface area contributed by atoms with Crippen molar-refractivity contribution in [1.82, 2.24) is 4.98 Å². The first kappa shape index (κ1) is 23.0. The van der Waals surface area contributed by atoms with Crippen LogP contribution in [-0.2, 0) is 4.79 Å². The van der Waals surface area contributed by atoms with Gasteiger partial charge in [0.05, 0.1) is 11.3 Å². The summed E-state index contributed by atoms with van der Waals surface area (Å²) >= 11 is 1.21. The van der Waals surface area contributed by atoms with Gasteiger partial charge in [-0.1, -0.05) is 11.8 Å². The molecule has 3 heterocycles. The average molecular weight is 491 g/mol. The zero-order valence-electron chi connectivity index (χ0n) is 19.4. The van der Waals surface area contributed by atoms with Gasteiger partial charge in [0, 0.05) is 42.4 Å². The number of nitrogens with zero attached hydrogens (tertiary/aromatic N) is 2. The Kier molecular flexibility index (Phi) is 6.76. The number of aromatic nitrogens is 1. The molecule has 1 fully saturated rings. The standard InChI is InChI=1S/C26H26N4O4S/c1-17-13-18(6-8-21(17)30-11-2-3-12-30)29-25(32)20-5-4-10-27-26(20)35-15-24(31)28-19-7-9-22-23(14-19)34-16-33-22/h4-10,13-14H,2-3,11-12,15-16H2,1H3,(H,28,31)(H,29,32). The van der Waals surface area contributed by atoms with E-state index < -0.39 is 0 Å². The molecule has 0 unspecified atom stereocenters. The lowest BCUT2D eigenvalue weighted by Crippen LogP contribution is -2.19. The molecule has 9 heteroatoms. The van der Waals surface area contributed by atoms with Crippen molar-refractivity contribution in [1.29, 1.82) is 0 Å². The Morgan fingerprint density at radius 2 is 1.77 bits per heavy atom. The number of pyridine rings is 1. The van der Waals surface area contributed by atoms with Crippen molar-refractivity contribution < 1.29 is 19.1 Å². The third kappa shape index (κ3) is 5.35. The third-order valence-corrected chi connectivity index (χ3v) is 6.92. The number of fused-ring (bicyclic) bond motifs is 1. The van der Waals surface area contributed by atoms with E-state index in [1.807, 2.05) is 12.1 Å². The summed E-state index contributed by atoms with van der Waals surface area (Å²) in [5, 5.41) is 6.31. The molecule has 0 spiro atoms. The Balaban J connectivity index is 1.21. The molecular weight excluding hydrogens is 464 g/mol. The van der Waals surface area contributed by atoms with E-state index >= 15 is 0 Å². The normalized spacial score (nSPS) is 14.1. The minimum absolute atomic E-state index is 0.107. The maximum absolute atomic E-state index is 13.0. The molecule has 2 aliphatic rings. The van der Waals surface area contributed by atoms with Gasteiger partial charge in [0.25, 0.3) is 5.91 Å². The molecule has 0 aliphatic carbocycles. The third-order valence-electron chi connectivity index (χ3n) is 5.91. The SMILES string of the molecule is Cc1cc(NC(=O)c2cccnc2SCC(=O)Nc2ccc3c(c2)OCO3)ccc1N1CCCC1. The summed E-state index contributed by atoms with van der Waals surface area (Å²) in [6, 6.07) is 14.7. The summed E-state index contributed by atoms with van der Waals surface area (Å²) in [4.78, 5) is 32.2. The van der Waals surface area contributed by atoms with E-state index in [0.29, 0.717) is 27.8 Å². The molecule has 0 radical (unpaired) electrons. The quantitative estimate of drug-likeness (QED) is 0.464. The highest BCUT2D eigenvalue weighted by Gasteiger charge is 2.18. The average Bonchev–Trinajstić information content (AvgIpc) is 3.55. The van der Waals surface area contributed by atoms with Crippen molar-refractivity contribution in [2.24, 2.45) is 0 Å². The molecule has 1 aromatic heterocycles. The van der Waals surface area contributed by atoms with Crippen LogP contribution >= 0.6 is 11.8 Å². The number of benzene rings is 2. The summed E-state index contributed by atoms with van der Waals surface area (Å²) in [6.07, 6.45) is 4.05. The summed E-state index contributed by atoms with van der Waals surface area (Å²) in [5.74, 6) is 0.893. The highest BCUT2D eigenvalue weighted by Crippen LogP contribution is 2.34. The molecule has 2 aliphatic heterocycles. The van der Waals surface area contributed by atoms with Crippen LogP contribution in [0, 0.1) is 6.92 Å². The second kappa shape index (κ2) is 10.3. The van der Waals surface area contributed by atoms with Crippen molar-refractivity contribution in [3.63, 3.8) is 0 Å². The van der Waals surface area contributed by atoms with E-state index in [1.54, 1.807) is 36.5 Å².